The summed E-state index contributed by atoms with van der Waals surface area (Å²) in [6.07, 6.45) is 2.29. The Morgan fingerprint density at radius 3 is 1.39 bits per heavy atom. The van der Waals surface area contributed by atoms with Crippen molar-refractivity contribution in [1.82, 2.24) is 0 Å². The maximum absolute atomic E-state index is 5.91. The van der Waals surface area contributed by atoms with Crippen LogP contribution in [0, 0.1) is 0 Å². The summed E-state index contributed by atoms with van der Waals surface area (Å²) in [6, 6.07) is 4.32. The van der Waals surface area contributed by atoms with Crippen LogP contribution < -0.4 is 11.5 Å². The molecule has 0 amide bonds. The standard InChI is InChI=1S/C16H28N2/c1-5-11(3)15-13(9-17)7-8-14(10-18)16(15)12(4)6-2/h7-8,11-12H,5-6,9-10,17-18H2,1-4H3. The largest absolute Gasteiger partial charge is 0.326 e. The van der Waals surface area contributed by atoms with Gasteiger partial charge in [-0.25, -0.2) is 0 Å². The van der Waals surface area contributed by atoms with E-state index in [1.165, 1.54) is 22.3 Å². The van der Waals surface area contributed by atoms with Gasteiger partial charge in [0.05, 0.1) is 0 Å². The van der Waals surface area contributed by atoms with Gasteiger partial charge in [0.1, 0.15) is 0 Å². The van der Waals surface area contributed by atoms with E-state index in [9.17, 15) is 0 Å². The third kappa shape index (κ3) is 2.93. The average Bonchev–Trinajstić information content (AvgIpc) is 2.43. The van der Waals surface area contributed by atoms with Crippen LogP contribution in [-0.4, -0.2) is 0 Å². The van der Waals surface area contributed by atoms with Crippen molar-refractivity contribution in [1.29, 1.82) is 0 Å². The molecular formula is C16H28N2. The van der Waals surface area contributed by atoms with Crippen molar-refractivity contribution in [3.05, 3.63) is 34.4 Å². The zero-order chi connectivity index (χ0) is 13.7. The Labute approximate surface area is 112 Å². The van der Waals surface area contributed by atoms with Gasteiger partial charge in [0, 0.05) is 13.1 Å². The number of hydrogen-bond acceptors (Lipinski definition) is 2. The molecule has 0 spiro atoms. The molecule has 0 bridgehead atoms. The van der Waals surface area contributed by atoms with Crippen molar-refractivity contribution < 1.29 is 0 Å². The van der Waals surface area contributed by atoms with Gasteiger partial charge in [-0.15, -0.1) is 0 Å². The topological polar surface area (TPSA) is 52.0 Å². The fourth-order valence-corrected chi connectivity index (χ4v) is 2.65. The fraction of sp³-hybridized carbons (Fsp3) is 0.625. The van der Waals surface area contributed by atoms with E-state index in [-0.39, 0.29) is 0 Å². The normalized spacial score (nSPS) is 14.6. The molecule has 0 aliphatic carbocycles. The van der Waals surface area contributed by atoms with Crippen molar-refractivity contribution in [2.45, 2.75) is 65.5 Å². The minimum atomic E-state index is 0.555. The van der Waals surface area contributed by atoms with E-state index in [2.05, 4.69) is 39.8 Å². The summed E-state index contributed by atoms with van der Waals surface area (Å²) in [5.74, 6) is 1.11. The molecule has 1 aromatic carbocycles. The van der Waals surface area contributed by atoms with Crippen LogP contribution in [0.15, 0.2) is 12.1 Å². The van der Waals surface area contributed by atoms with Crippen molar-refractivity contribution in [3.8, 4) is 0 Å². The molecule has 2 unspecified atom stereocenters. The van der Waals surface area contributed by atoms with Crippen LogP contribution in [0.4, 0.5) is 0 Å². The molecule has 2 heteroatoms. The monoisotopic (exact) mass is 248 g/mol. The van der Waals surface area contributed by atoms with Gasteiger partial charge >= 0.3 is 0 Å². The van der Waals surface area contributed by atoms with Gasteiger partial charge in [-0.2, -0.15) is 0 Å². The highest BCUT2D eigenvalue weighted by Crippen LogP contribution is 2.35. The van der Waals surface area contributed by atoms with Gasteiger partial charge in [0.25, 0.3) is 0 Å². The Morgan fingerprint density at radius 2 is 1.17 bits per heavy atom. The number of rotatable bonds is 6. The summed E-state index contributed by atoms with van der Waals surface area (Å²) in [5, 5.41) is 0. The lowest BCUT2D eigenvalue weighted by atomic mass is 9.81. The first-order valence-electron chi connectivity index (χ1n) is 7.15. The van der Waals surface area contributed by atoms with Crippen LogP contribution >= 0.6 is 0 Å². The predicted molar refractivity (Wildman–Crippen MR) is 79.6 cm³/mol. The summed E-state index contributed by atoms with van der Waals surface area (Å²) in [5.41, 5.74) is 17.3. The van der Waals surface area contributed by atoms with Crippen LogP contribution in [0.2, 0.25) is 0 Å². The van der Waals surface area contributed by atoms with Crippen LogP contribution in [0.25, 0.3) is 0 Å². The van der Waals surface area contributed by atoms with Crippen molar-refractivity contribution >= 4 is 0 Å². The summed E-state index contributed by atoms with van der Waals surface area (Å²) in [4.78, 5) is 0. The van der Waals surface area contributed by atoms with E-state index < -0.39 is 0 Å². The Bertz CT molecular complexity index is 348. The Kier molecular flexibility index (Phi) is 5.83. The highest BCUT2D eigenvalue weighted by Gasteiger charge is 2.19. The summed E-state index contributed by atoms with van der Waals surface area (Å²) in [6.45, 7) is 10.3. The zero-order valence-electron chi connectivity index (χ0n) is 12.3. The molecule has 0 fully saturated rings. The van der Waals surface area contributed by atoms with E-state index >= 15 is 0 Å². The highest BCUT2D eigenvalue weighted by molar-refractivity contribution is 5.45. The molecule has 0 aliphatic heterocycles. The summed E-state index contributed by atoms with van der Waals surface area (Å²) in [7, 11) is 0. The molecule has 0 saturated heterocycles. The summed E-state index contributed by atoms with van der Waals surface area (Å²) < 4.78 is 0. The van der Waals surface area contributed by atoms with Crippen LogP contribution in [-0.2, 0) is 13.1 Å². The van der Waals surface area contributed by atoms with Gasteiger partial charge in [-0.05, 0) is 46.9 Å². The average molecular weight is 248 g/mol. The van der Waals surface area contributed by atoms with Crippen molar-refractivity contribution in [3.63, 3.8) is 0 Å². The van der Waals surface area contributed by atoms with E-state index in [1.54, 1.807) is 0 Å². The molecule has 0 heterocycles. The molecule has 0 aromatic heterocycles. The molecule has 4 N–H and O–H groups in total. The predicted octanol–water partition coefficient (Wildman–Crippen LogP) is 3.63. The number of hydrogen-bond donors (Lipinski definition) is 2. The number of benzene rings is 1. The second-order valence-corrected chi connectivity index (χ2v) is 5.24. The molecule has 1 aromatic rings. The Hall–Kier alpha value is -0.860. The zero-order valence-corrected chi connectivity index (χ0v) is 12.3. The minimum absolute atomic E-state index is 0.555. The molecular weight excluding hydrogens is 220 g/mol. The maximum atomic E-state index is 5.91. The molecule has 18 heavy (non-hydrogen) atoms. The van der Waals surface area contributed by atoms with Crippen LogP contribution in [0.3, 0.4) is 0 Å². The highest BCUT2D eigenvalue weighted by atomic mass is 14.5. The molecule has 102 valence electrons. The molecule has 1 rings (SSSR count). The fourth-order valence-electron chi connectivity index (χ4n) is 2.65. The minimum Gasteiger partial charge on any atom is -0.326 e. The van der Waals surface area contributed by atoms with Gasteiger partial charge in [-0.3, -0.25) is 0 Å². The van der Waals surface area contributed by atoms with Crippen LogP contribution in [0.5, 0.6) is 0 Å². The van der Waals surface area contributed by atoms with Crippen molar-refractivity contribution in [2.24, 2.45) is 11.5 Å². The smallest absolute Gasteiger partial charge is 0.0181 e. The second kappa shape index (κ2) is 6.91. The number of nitrogens with two attached hydrogens (primary N) is 2. The van der Waals surface area contributed by atoms with Gasteiger partial charge < -0.3 is 11.5 Å². The van der Waals surface area contributed by atoms with Gasteiger partial charge in [0.15, 0.2) is 0 Å². The molecule has 0 aliphatic rings. The van der Waals surface area contributed by atoms with Crippen molar-refractivity contribution in [2.75, 3.05) is 0 Å². The van der Waals surface area contributed by atoms with Gasteiger partial charge in [-0.1, -0.05) is 39.8 Å². The quantitative estimate of drug-likeness (QED) is 0.807. The van der Waals surface area contributed by atoms with E-state index in [4.69, 9.17) is 11.5 Å². The first-order chi connectivity index (χ1) is 8.60. The van der Waals surface area contributed by atoms with E-state index in [0.29, 0.717) is 24.9 Å². The van der Waals surface area contributed by atoms with Gasteiger partial charge in [0.2, 0.25) is 0 Å². The first kappa shape index (κ1) is 15.2. The van der Waals surface area contributed by atoms with E-state index in [0.717, 1.165) is 12.8 Å². The first-order valence-corrected chi connectivity index (χ1v) is 7.15. The van der Waals surface area contributed by atoms with E-state index in [1.807, 2.05) is 0 Å². The third-order valence-electron chi connectivity index (χ3n) is 4.12. The van der Waals surface area contributed by atoms with Crippen LogP contribution in [0.1, 0.15) is 74.6 Å². The summed E-state index contributed by atoms with van der Waals surface area (Å²) >= 11 is 0. The Morgan fingerprint density at radius 1 is 0.833 bits per heavy atom. The lowest BCUT2D eigenvalue weighted by molar-refractivity contribution is 0.660. The Balaban J connectivity index is 3.47. The molecule has 2 atom stereocenters. The third-order valence-corrected chi connectivity index (χ3v) is 4.12. The molecule has 2 nitrogen and oxygen atoms in total. The molecule has 0 saturated carbocycles. The lowest BCUT2D eigenvalue weighted by Gasteiger charge is -2.25. The molecule has 0 radical (unpaired) electrons. The second-order valence-electron chi connectivity index (χ2n) is 5.24. The SMILES string of the molecule is CCC(C)c1c(CN)ccc(CN)c1C(C)CC. The maximum Gasteiger partial charge on any atom is 0.0181 e. The lowest BCUT2D eigenvalue weighted by Crippen LogP contribution is -2.14.